The quantitative estimate of drug-likeness (QED) is 0.837. The number of hydrogen-bond donors (Lipinski definition) is 2. The van der Waals surface area contributed by atoms with Crippen LogP contribution in [0.1, 0.15) is 38.8 Å². The van der Waals surface area contributed by atoms with Gasteiger partial charge in [0, 0.05) is 31.2 Å². The van der Waals surface area contributed by atoms with Crippen LogP contribution < -0.4 is 5.32 Å². The van der Waals surface area contributed by atoms with Crippen LogP contribution in [0.2, 0.25) is 0 Å². The fourth-order valence-electron chi connectivity index (χ4n) is 2.98. The van der Waals surface area contributed by atoms with Crippen LogP contribution in [0.3, 0.4) is 0 Å². The maximum atomic E-state index is 9.43. The Morgan fingerprint density at radius 1 is 1.25 bits per heavy atom. The summed E-state index contributed by atoms with van der Waals surface area (Å²) in [5, 5.41) is 13.0. The molecule has 1 aliphatic heterocycles. The summed E-state index contributed by atoms with van der Waals surface area (Å²) in [4.78, 5) is 2.53. The standard InChI is InChI=1S/C17H28N2O/c1-13(2)17(12-20)18-16-9-10-19(11-16)14(3)15-7-5-4-6-8-15/h4-8,13-14,16-18,20H,9-12H2,1-3H3/t14-,16+,17-/m1/s1. The minimum absolute atomic E-state index is 0.215. The Morgan fingerprint density at radius 2 is 1.95 bits per heavy atom. The maximum absolute atomic E-state index is 9.43. The number of aliphatic hydroxyl groups is 1. The lowest BCUT2D eigenvalue weighted by Crippen LogP contribution is -2.45. The van der Waals surface area contributed by atoms with Gasteiger partial charge in [0.1, 0.15) is 0 Å². The molecule has 1 saturated heterocycles. The van der Waals surface area contributed by atoms with Gasteiger partial charge in [-0.05, 0) is 24.8 Å². The molecule has 0 amide bonds. The van der Waals surface area contributed by atoms with Crippen LogP contribution in [0.25, 0.3) is 0 Å². The predicted octanol–water partition coefficient (Wildman–Crippen LogP) is 2.43. The van der Waals surface area contributed by atoms with Crippen molar-refractivity contribution in [1.29, 1.82) is 0 Å². The van der Waals surface area contributed by atoms with E-state index in [1.54, 1.807) is 0 Å². The van der Waals surface area contributed by atoms with Crippen LogP contribution in [0, 0.1) is 5.92 Å². The zero-order valence-corrected chi connectivity index (χ0v) is 12.9. The summed E-state index contributed by atoms with van der Waals surface area (Å²) >= 11 is 0. The first-order valence-electron chi connectivity index (χ1n) is 7.77. The molecule has 3 atom stereocenters. The fraction of sp³-hybridized carbons (Fsp3) is 0.647. The van der Waals surface area contributed by atoms with E-state index in [1.165, 1.54) is 12.0 Å². The average molecular weight is 276 g/mol. The van der Waals surface area contributed by atoms with Gasteiger partial charge < -0.3 is 10.4 Å². The maximum Gasteiger partial charge on any atom is 0.0587 e. The highest BCUT2D eigenvalue weighted by Crippen LogP contribution is 2.24. The second kappa shape index (κ2) is 7.21. The summed E-state index contributed by atoms with van der Waals surface area (Å²) in [6.45, 7) is 9.02. The summed E-state index contributed by atoms with van der Waals surface area (Å²) in [7, 11) is 0. The van der Waals surface area contributed by atoms with Gasteiger partial charge in [0.25, 0.3) is 0 Å². The minimum Gasteiger partial charge on any atom is -0.395 e. The van der Waals surface area contributed by atoms with Gasteiger partial charge in [0.05, 0.1) is 6.61 Å². The molecule has 3 heteroatoms. The molecule has 20 heavy (non-hydrogen) atoms. The van der Waals surface area contributed by atoms with E-state index >= 15 is 0 Å². The van der Waals surface area contributed by atoms with Crippen molar-refractivity contribution >= 4 is 0 Å². The molecule has 1 aromatic carbocycles. The zero-order chi connectivity index (χ0) is 14.5. The topological polar surface area (TPSA) is 35.5 Å². The predicted molar refractivity (Wildman–Crippen MR) is 83.7 cm³/mol. The summed E-state index contributed by atoms with van der Waals surface area (Å²) in [6, 6.07) is 11.9. The highest BCUT2D eigenvalue weighted by atomic mass is 16.3. The molecule has 1 heterocycles. The molecule has 0 aliphatic carbocycles. The molecule has 2 rings (SSSR count). The third-order valence-electron chi connectivity index (χ3n) is 4.50. The lowest BCUT2D eigenvalue weighted by Gasteiger charge is -2.27. The molecule has 0 saturated carbocycles. The van der Waals surface area contributed by atoms with Gasteiger partial charge in [0.15, 0.2) is 0 Å². The Hall–Kier alpha value is -0.900. The summed E-state index contributed by atoms with van der Waals surface area (Å²) in [5.41, 5.74) is 1.38. The van der Waals surface area contributed by atoms with Crippen molar-refractivity contribution in [2.75, 3.05) is 19.7 Å². The Kier molecular flexibility index (Phi) is 5.58. The lowest BCUT2D eigenvalue weighted by molar-refractivity contribution is 0.194. The Bertz CT molecular complexity index is 393. The van der Waals surface area contributed by atoms with Crippen molar-refractivity contribution in [2.45, 2.75) is 45.3 Å². The number of aliphatic hydroxyl groups excluding tert-OH is 1. The van der Waals surface area contributed by atoms with Gasteiger partial charge in [-0.2, -0.15) is 0 Å². The first-order valence-corrected chi connectivity index (χ1v) is 7.77. The van der Waals surface area contributed by atoms with Gasteiger partial charge in [-0.3, -0.25) is 4.90 Å². The first kappa shape index (κ1) is 15.5. The highest BCUT2D eigenvalue weighted by Gasteiger charge is 2.28. The number of likely N-dealkylation sites (tertiary alicyclic amines) is 1. The zero-order valence-electron chi connectivity index (χ0n) is 12.9. The van der Waals surface area contributed by atoms with Crippen molar-refractivity contribution in [1.82, 2.24) is 10.2 Å². The molecule has 0 bridgehead atoms. The summed E-state index contributed by atoms with van der Waals surface area (Å²) < 4.78 is 0. The molecule has 1 aliphatic rings. The van der Waals surface area contributed by atoms with Crippen molar-refractivity contribution in [3.8, 4) is 0 Å². The van der Waals surface area contributed by atoms with E-state index in [-0.39, 0.29) is 12.6 Å². The van der Waals surface area contributed by atoms with E-state index < -0.39 is 0 Å². The van der Waals surface area contributed by atoms with Gasteiger partial charge in [-0.15, -0.1) is 0 Å². The van der Waals surface area contributed by atoms with Crippen molar-refractivity contribution in [3.63, 3.8) is 0 Å². The number of rotatable bonds is 6. The van der Waals surface area contributed by atoms with Crippen LogP contribution in [-0.2, 0) is 0 Å². The summed E-state index contributed by atoms with van der Waals surface area (Å²) in [6.07, 6.45) is 1.17. The highest BCUT2D eigenvalue weighted by molar-refractivity contribution is 5.18. The number of hydrogen-bond acceptors (Lipinski definition) is 3. The fourth-order valence-corrected chi connectivity index (χ4v) is 2.98. The normalized spacial score (nSPS) is 23.1. The molecular weight excluding hydrogens is 248 g/mol. The molecule has 112 valence electrons. The Labute approximate surface area is 123 Å². The second-order valence-electron chi connectivity index (χ2n) is 6.27. The van der Waals surface area contributed by atoms with E-state index in [1.807, 2.05) is 0 Å². The largest absolute Gasteiger partial charge is 0.395 e. The van der Waals surface area contributed by atoms with Crippen LogP contribution >= 0.6 is 0 Å². The minimum atomic E-state index is 0.215. The SMILES string of the molecule is CC(C)[C@@H](CO)N[C@H]1CCN([C@H](C)c2ccccc2)C1. The molecule has 0 radical (unpaired) electrons. The van der Waals surface area contributed by atoms with E-state index in [9.17, 15) is 5.11 Å². The van der Waals surface area contributed by atoms with E-state index in [0.717, 1.165) is 13.1 Å². The molecule has 1 aromatic rings. The Balaban J connectivity index is 1.89. The lowest BCUT2D eigenvalue weighted by atomic mass is 10.0. The summed E-state index contributed by atoms with van der Waals surface area (Å²) in [5.74, 6) is 0.473. The van der Waals surface area contributed by atoms with Crippen molar-refractivity contribution in [3.05, 3.63) is 35.9 Å². The van der Waals surface area contributed by atoms with Gasteiger partial charge >= 0.3 is 0 Å². The molecule has 0 aromatic heterocycles. The van der Waals surface area contributed by atoms with Crippen LogP contribution in [0.15, 0.2) is 30.3 Å². The monoisotopic (exact) mass is 276 g/mol. The molecular formula is C17H28N2O. The van der Waals surface area contributed by atoms with E-state index in [0.29, 0.717) is 18.0 Å². The van der Waals surface area contributed by atoms with Crippen LogP contribution in [0.5, 0.6) is 0 Å². The molecule has 3 nitrogen and oxygen atoms in total. The number of benzene rings is 1. The molecule has 2 N–H and O–H groups in total. The third kappa shape index (κ3) is 3.81. The van der Waals surface area contributed by atoms with E-state index in [2.05, 4.69) is 61.3 Å². The molecule has 1 fully saturated rings. The van der Waals surface area contributed by atoms with Gasteiger partial charge in [0.2, 0.25) is 0 Å². The number of nitrogens with zero attached hydrogens (tertiary/aromatic N) is 1. The Morgan fingerprint density at radius 3 is 2.55 bits per heavy atom. The smallest absolute Gasteiger partial charge is 0.0587 e. The number of nitrogens with one attached hydrogen (secondary N) is 1. The van der Waals surface area contributed by atoms with Crippen molar-refractivity contribution in [2.24, 2.45) is 5.92 Å². The molecule has 0 spiro atoms. The average Bonchev–Trinajstić information content (AvgIpc) is 2.93. The molecule has 0 unspecified atom stereocenters. The third-order valence-corrected chi connectivity index (χ3v) is 4.50. The van der Waals surface area contributed by atoms with Gasteiger partial charge in [-0.1, -0.05) is 44.2 Å². The van der Waals surface area contributed by atoms with Crippen LogP contribution in [0.4, 0.5) is 0 Å². The van der Waals surface area contributed by atoms with Crippen molar-refractivity contribution < 1.29 is 5.11 Å². The van der Waals surface area contributed by atoms with Crippen LogP contribution in [-0.4, -0.2) is 41.8 Å². The van der Waals surface area contributed by atoms with Gasteiger partial charge in [-0.25, -0.2) is 0 Å². The van der Waals surface area contributed by atoms with E-state index in [4.69, 9.17) is 0 Å². The second-order valence-corrected chi connectivity index (χ2v) is 6.27. The first-order chi connectivity index (χ1) is 9.61.